The molecule has 2 aliphatic rings. The highest BCUT2D eigenvalue weighted by molar-refractivity contribution is 5.94. The van der Waals surface area contributed by atoms with E-state index >= 15 is 0 Å². The van der Waals surface area contributed by atoms with Crippen LogP contribution < -0.4 is 14.8 Å². The van der Waals surface area contributed by atoms with Gasteiger partial charge in [0.05, 0.1) is 12.8 Å². The smallest absolute Gasteiger partial charge is 0.251 e. The first kappa shape index (κ1) is 16.0. The van der Waals surface area contributed by atoms with Crippen molar-refractivity contribution in [3.63, 3.8) is 0 Å². The molecule has 6 heteroatoms. The number of nitrogens with one attached hydrogen (secondary N) is 1. The molecule has 1 fully saturated rings. The summed E-state index contributed by atoms with van der Waals surface area (Å²) in [5.74, 6) is 2.80. The van der Waals surface area contributed by atoms with Crippen molar-refractivity contribution >= 4 is 5.91 Å². The highest BCUT2D eigenvalue weighted by Crippen LogP contribution is 2.32. The van der Waals surface area contributed by atoms with Gasteiger partial charge < -0.3 is 19.2 Å². The van der Waals surface area contributed by atoms with Gasteiger partial charge in [0.1, 0.15) is 5.76 Å². The third-order valence-electron chi connectivity index (χ3n) is 4.85. The lowest BCUT2D eigenvalue weighted by atomic mass is 9.96. The lowest BCUT2D eigenvalue weighted by Gasteiger charge is -2.31. The van der Waals surface area contributed by atoms with E-state index in [0.29, 0.717) is 29.5 Å². The molecule has 1 aromatic heterocycles. The van der Waals surface area contributed by atoms with Crippen LogP contribution in [0.2, 0.25) is 0 Å². The van der Waals surface area contributed by atoms with E-state index in [2.05, 4.69) is 10.2 Å². The minimum absolute atomic E-state index is 0.0590. The van der Waals surface area contributed by atoms with Crippen molar-refractivity contribution in [3.05, 3.63) is 47.9 Å². The summed E-state index contributed by atoms with van der Waals surface area (Å²) in [7, 11) is 0. The summed E-state index contributed by atoms with van der Waals surface area (Å²) < 4.78 is 16.0. The van der Waals surface area contributed by atoms with Crippen LogP contribution >= 0.6 is 0 Å². The van der Waals surface area contributed by atoms with E-state index in [-0.39, 0.29) is 12.7 Å². The molecule has 0 aliphatic carbocycles. The van der Waals surface area contributed by atoms with Gasteiger partial charge in [-0.15, -0.1) is 0 Å². The van der Waals surface area contributed by atoms with Crippen molar-refractivity contribution in [1.82, 2.24) is 10.2 Å². The van der Waals surface area contributed by atoms with E-state index < -0.39 is 0 Å². The molecule has 2 aromatic rings. The van der Waals surface area contributed by atoms with E-state index in [4.69, 9.17) is 13.9 Å². The van der Waals surface area contributed by atoms with Crippen molar-refractivity contribution in [2.24, 2.45) is 5.92 Å². The van der Waals surface area contributed by atoms with Crippen LogP contribution in [0.1, 0.15) is 29.0 Å². The van der Waals surface area contributed by atoms with Gasteiger partial charge in [0, 0.05) is 12.1 Å². The van der Waals surface area contributed by atoms with Crippen molar-refractivity contribution in [1.29, 1.82) is 0 Å². The molecular weight excluding hydrogens is 320 g/mol. The van der Waals surface area contributed by atoms with Crippen molar-refractivity contribution in [3.8, 4) is 11.5 Å². The van der Waals surface area contributed by atoms with Gasteiger partial charge in [0.2, 0.25) is 6.79 Å². The molecule has 0 spiro atoms. The van der Waals surface area contributed by atoms with Crippen molar-refractivity contribution < 1.29 is 18.7 Å². The molecule has 0 saturated carbocycles. The largest absolute Gasteiger partial charge is 0.468 e. The number of rotatable bonds is 5. The van der Waals surface area contributed by atoms with Crippen molar-refractivity contribution in [2.45, 2.75) is 19.4 Å². The van der Waals surface area contributed by atoms with E-state index in [1.54, 1.807) is 24.5 Å². The van der Waals surface area contributed by atoms with Gasteiger partial charge in [-0.25, -0.2) is 0 Å². The lowest BCUT2D eigenvalue weighted by molar-refractivity contribution is 0.0933. The fraction of sp³-hybridized carbons (Fsp3) is 0.421. The van der Waals surface area contributed by atoms with Crippen LogP contribution in [0.15, 0.2) is 41.0 Å². The van der Waals surface area contributed by atoms with E-state index in [1.165, 1.54) is 0 Å². The van der Waals surface area contributed by atoms with E-state index in [9.17, 15) is 4.79 Å². The van der Waals surface area contributed by atoms with Crippen molar-refractivity contribution in [2.75, 3.05) is 26.4 Å². The number of fused-ring (bicyclic) bond motifs is 1. The molecule has 1 N–H and O–H groups in total. The SMILES string of the molecule is O=C(NCC1CCN(Cc2ccco2)CC1)c1ccc2c(c1)OCO2. The topological polar surface area (TPSA) is 63.9 Å². The maximum Gasteiger partial charge on any atom is 0.251 e. The van der Waals surface area contributed by atoms with Gasteiger partial charge >= 0.3 is 0 Å². The van der Waals surface area contributed by atoms with Crippen LogP contribution in [0.5, 0.6) is 11.5 Å². The zero-order chi connectivity index (χ0) is 17.1. The van der Waals surface area contributed by atoms with Gasteiger partial charge in [0.15, 0.2) is 11.5 Å². The van der Waals surface area contributed by atoms with E-state index in [1.807, 2.05) is 12.1 Å². The Morgan fingerprint density at radius 2 is 2.00 bits per heavy atom. The minimum atomic E-state index is -0.0590. The third kappa shape index (κ3) is 3.79. The number of piperidine rings is 1. The first-order chi connectivity index (χ1) is 12.3. The van der Waals surface area contributed by atoms with Gasteiger partial charge in [0.25, 0.3) is 5.91 Å². The molecule has 25 heavy (non-hydrogen) atoms. The number of furan rings is 1. The van der Waals surface area contributed by atoms with Gasteiger partial charge in [-0.3, -0.25) is 9.69 Å². The van der Waals surface area contributed by atoms with Crippen LogP contribution in [0.4, 0.5) is 0 Å². The van der Waals surface area contributed by atoms with Crippen LogP contribution in [0.25, 0.3) is 0 Å². The normalized spacial score (nSPS) is 17.6. The van der Waals surface area contributed by atoms with Gasteiger partial charge in [-0.2, -0.15) is 0 Å². The number of carbonyl (C=O) groups excluding carboxylic acids is 1. The Morgan fingerprint density at radius 3 is 2.80 bits per heavy atom. The molecular formula is C19H22N2O4. The Labute approximate surface area is 146 Å². The van der Waals surface area contributed by atoms with Crippen LogP contribution in [-0.2, 0) is 6.54 Å². The summed E-state index contributed by atoms with van der Waals surface area (Å²) in [6.07, 6.45) is 3.89. The highest BCUT2D eigenvalue weighted by Gasteiger charge is 2.21. The third-order valence-corrected chi connectivity index (χ3v) is 4.85. The number of likely N-dealkylation sites (tertiary alicyclic amines) is 1. The minimum Gasteiger partial charge on any atom is -0.468 e. The zero-order valence-electron chi connectivity index (χ0n) is 14.1. The second-order valence-electron chi connectivity index (χ2n) is 6.58. The summed E-state index contributed by atoms with van der Waals surface area (Å²) in [6.45, 7) is 3.86. The monoisotopic (exact) mass is 342 g/mol. The first-order valence-electron chi connectivity index (χ1n) is 8.70. The average Bonchev–Trinajstić information content (AvgIpc) is 3.31. The Balaban J connectivity index is 1.23. The Hall–Kier alpha value is -2.47. The second kappa shape index (κ2) is 7.19. The predicted molar refractivity (Wildman–Crippen MR) is 91.6 cm³/mol. The average molecular weight is 342 g/mol. The molecule has 132 valence electrons. The van der Waals surface area contributed by atoms with Gasteiger partial charge in [-0.05, 0) is 62.2 Å². The molecule has 1 saturated heterocycles. The van der Waals surface area contributed by atoms with Crippen LogP contribution in [0.3, 0.4) is 0 Å². The molecule has 4 rings (SSSR count). The number of carbonyl (C=O) groups is 1. The molecule has 1 aromatic carbocycles. The standard InChI is InChI=1S/C19H22N2O4/c22-19(15-3-4-17-18(10-15)25-13-24-17)20-11-14-5-7-21(8-6-14)12-16-2-1-9-23-16/h1-4,9-10,14H,5-8,11-13H2,(H,20,22). The fourth-order valence-corrected chi connectivity index (χ4v) is 3.35. The zero-order valence-corrected chi connectivity index (χ0v) is 14.1. The van der Waals surface area contributed by atoms with E-state index in [0.717, 1.165) is 38.2 Å². The second-order valence-corrected chi connectivity index (χ2v) is 6.58. The van der Waals surface area contributed by atoms with Gasteiger partial charge in [-0.1, -0.05) is 0 Å². The summed E-state index contributed by atoms with van der Waals surface area (Å²) in [5, 5.41) is 3.05. The summed E-state index contributed by atoms with van der Waals surface area (Å²) in [5.41, 5.74) is 0.611. The predicted octanol–water partition coefficient (Wildman–Crippen LogP) is 2.65. The Bertz CT molecular complexity index is 721. The quantitative estimate of drug-likeness (QED) is 0.905. The Kier molecular flexibility index (Phi) is 4.61. The number of nitrogens with zero attached hydrogens (tertiary/aromatic N) is 1. The molecule has 0 bridgehead atoms. The molecule has 6 nitrogen and oxygen atoms in total. The number of amides is 1. The number of ether oxygens (including phenoxy) is 2. The molecule has 3 heterocycles. The first-order valence-corrected chi connectivity index (χ1v) is 8.70. The lowest BCUT2D eigenvalue weighted by Crippen LogP contribution is -2.38. The number of hydrogen-bond donors (Lipinski definition) is 1. The molecule has 0 unspecified atom stereocenters. The summed E-state index contributed by atoms with van der Waals surface area (Å²) in [6, 6.07) is 9.23. The molecule has 0 radical (unpaired) electrons. The number of hydrogen-bond acceptors (Lipinski definition) is 5. The molecule has 0 atom stereocenters. The number of benzene rings is 1. The Morgan fingerprint density at radius 1 is 1.16 bits per heavy atom. The van der Waals surface area contributed by atoms with Crippen LogP contribution in [-0.4, -0.2) is 37.2 Å². The maximum atomic E-state index is 12.3. The van der Waals surface area contributed by atoms with Crippen LogP contribution in [0, 0.1) is 5.92 Å². The summed E-state index contributed by atoms with van der Waals surface area (Å²) >= 11 is 0. The highest BCUT2D eigenvalue weighted by atomic mass is 16.7. The fourth-order valence-electron chi connectivity index (χ4n) is 3.35. The summed E-state index contributed by atoms with van der Waals surface area (Å²) in [4.78, 5) is 14.7. The molecule has 2 aliphatic heterocycles. The molecule has 1 amide bonds. The maximum absolute atomic E-state index is 12.3.